The van der Waals surface area contributed by atoms with E-state index in [0.717, 1.165) is 29.9 Å². The fourth-order valence-corrected chi connectivity index (χ4v) is 2.36. The van der Waals surface area contributed by atoms with Crippen molar-refractivity contribution in [3.8, 4) is 11.1 Å². The van der Waals surface area contributed by atoms with Gasteiger partial charge in [-0.15, -0.1) is 0 Å². The van der Waals surface area contributed by atoms with Crippen molar-refractivity contribution in [2.24, 2.45) is 0 Å². The number of anilines is 1. The Morgan fingerprint density at radius 2 is 1.60 bits per heavy atom. The average Bonchev–Trinajstić information content (AvgIpc) is 2.49. The van der Waals surface area contributed by atoms with Crippen LogP contribution < -0.4 is 4.90 Å². The van der Waals surface area contributed by atoms with Crippen LogP contribution in [0, 0.1) is 0 Å². The molecule has 0 saturated carbocycles. The third-order valence-corrected chi connectivity index (χ3v) is 3.46. The summed E-state index contributed by atoms with van der Waals surface area (Å²) in [4.78, 5) is 13.5. The summed E-state index contributed by atoms with van der Waals surface area (Å²) in [6.45, 7) is 6.16. The summed E-state index contributed by atoms with van der Waals surface area (Å²) in [6.07, 6.45) is 0. The number of benzene rings is 2. The summed E-state index contributed by atoms with van der Waals surface area (Å²) < 4.78 is 0. The Hall–Kier alpha value is -2.29. The van der Waals surface area contributed by atoms with Crippen LogP contribution in [-0.2, 0) is 0 Å². The standard InChI is InChI=1S/C17H19NO2/c1-3-18(4-2)14-11-9-13(10-12-14)15-7-5-6-8-16(15)17(19)20/h5-12H,3-4H2,1-2H3,(H,19,20). The Bertz CT molecular complexity index is 586. The number of aromatic carboxylic acids is 1. The normalized spacial score (nSPS) is 10.3. The largest absolute Gasteiger partial charge is 0.478 e. The summed E-state index contributed by atoms with van der Waals surface area (Å²) in [6, 6.07) is 15.1. The highest BCUT2D eigenvalue weighted by atomic mass is 16.4. The highest BCUT2D eigenvalue weighted by Crippen LogP contribution is 2.26. The Morgan fingerprint density at radius 3 is 2.15 bits per heavy atom. The lowest BCUT2D eigenvalue weighted by Crippen LogP contribution is -2.21. The average molecular weight is 269 g/mol. The number of carbonyl (C=O) groups is 1. The van der Waals surface area contributed by atoms with Crippen molar-refractivity contribution >= 4 is 11.7 Å². The molecule has 0 bridgehead atoms. The molecule has 0 aromatic heterocycles. The van der Waals surface area contributed by atoms with E-state index >= 15 is 0 Å². The monoisotopic (exact) mass is 269 g/mol. The van der Waals surface area contributed by atoms with Crippen LogP contribution in [0.4, 0.5) is 5.69 Å². The van der Waals surface area contributed by atoms with Gasteiger partial charge in [0, 0.05) is 18.8 Å². The predicted octanol–water partition coefficient (Wildman–Crippen LogP) is 3.90. The first-order valence-corrected chi connectivity index (χ1v) is 6.85. The van der Waals surface area contributed by atoms with Crippen molar-refractivity contribution in [2.45, 2.75) is 13.8 Å². The maximum absolute atomic E-state index is 11.3. The van der Waals surface area contributed by atoms with E-state index in [-0.39, 0.29) is 0 Å². The van der Waals surface area contributed by atoms with Gasteiger partial charge in [0.1, 0.15) is 0 Å². The molecule has 0 aliphatic heterocycles. The smallest absolute Gasteiger partial charge is 0.336 e. The van der Waals surface area contributed by atoms with E-state index in [1.54, 1.807) is 12.1 Å². The second-order valence-electron chi connectivity index (χ2n) is 4.57. The predicted molar refractivity (Wildman–Crippen MR) is 82.4 cm³/mol. The highest BCUT2D eigenvalue weighted by Gasteiger charge is 2.11. The molecule has 0 saturated heterocycles. The molecule has 0 spiro atoms. The molecule has 1 N–H and O–H groups in total. The summed E-state index contributed by atoms with van der Waals surface area (Å²) in [5, 5.41) is 9.24. The lowest BCUT2D eigenvalue weighted by atomic mass is 9.99. The SMILES string of the molecule is CCN(CC)c1ccc(-c2ccccc2C(=O)O)cc1. The second kappa shape index (κ2) is 6.24. The van der Waals surface area contributed by atoms with Crippen molar-refractivity contribution in [1.82, 2.24) is 0 Å². The molecule has 20 heavy (non-hydrogen) atoms. The Labute approximate surface area is 119 Å². The molecule has 2 aromatic rings. The van der Waals surface area contributed by atoms with E-state index in [1.165, 1.54) is 0 Å². The van der Waals surface area contributed by atoms with Gasteiger partial charge in [0.05, 0.1) is 5.56 Å². The van der Waals surface area contributed by atoms with E-state index in [1.807, 2.05) is 36.4 Å². The summed E-state index contributed by atoms with van der Waals surface area (Å²) in [5.74, 6) is -0.895. The van der Waals surface area contributed by atoms with Gasteiger partial charge in [0.15, 0.2) is 0 Å². The summed E-state index contributed by atoms with van der Waals surface area (Å²) >= 11 is 0. The van der Waals surface area contributed by atoms with Gasteiger partial charge in [-0.25, -0.2) is 4.79 Å². The fraction of sp³-hybridized carbons (Fsp3) is 0.235. The molecular weight excluding hydrogens is 250 g/mol. The van der Waals surface area contributed by atoms with Crippen LogP contribution >= 0.6 is 0 Å². The molecule has 0 unspecified atom stereocenters. The van der Waals surface area contributed by atoms with Gasteiger partial charge in [0.2, 0.25) is 0 Å². The van der Waals surface area contributed by atoms with Crippen LogP contribution in [0.1, 0.15) is 24.2 Å². The molecule has 2 rings (SSSR count). The minimum absolute atomic E-state index is 0.336. The van der Waals surface area contributed by atoms with E-state index in [0.29, 0.717) is 5.56 Å². The van der Waals surface area contributed by atoms with Gasteiger partial charge >= 0.3 is 5.97 Å². The molecule has 0 aliphatic carbocycles. The maximum atomic E-state index is 11.3. The van der Waals surface area contributed by atoms with Crippen LogP contribution in [-0.4, -0.2) is 24.2 Å². The first-order chi connectivity index (χ1) is 9.67. The van der Waals surface area contributed by atoms with E-state index < -0.39 is 5.97 Å². The first kappa shape index (κ1) is 14.1. The molecule has 0 aliphatic rings. The number of carboxylic acid groups (broad SMARTS) is 1. The zero-order chi connectivity index (χ0) is 14.5. The van der Waals surface area contributed by atoms with Crippen molar-refractivity contribution in [1.29, 1.82) is 0 Å². The molecule has 0 radical (unpaired) electrons. The molecular formula is C17H19NO2. The molecule has 2 aromatic carbocycles. The van der Waals surface area contributed by atoms with Crippen LogP contribution in [0.15, 0.2) is 48.5 Å². The van der Waals surface area contributed by atoms with E-state index in [2.05, 4.69) is 18.7 Å². The van der Waals surface area contributed by atoms with Crippen LogP contribution in [0.5, 0.6) is 0 Å². The zero-order valence-corrected chi connectivity index (χ0v) is 11.8. The third kappa shape index (κ3) is 2.82. The van der Waals surface area contributed by atoms with Gasteiger partial charge in [-0.2, -0.15) is 0 Å². The minimum atomic E-state index is -0.895. The fourth-order valence-electron chi connectivity index (χ4n) is 2.36. The first-order valence-electron chi connectivity index (χ1n) is 6.85. The number of hydrogen-bond acceptors (Lipinski definition) is 2. The highest BCUT2D eigenvalue weighted by molar-refractivity contribution is 5.96. The number of hydrogen-bond donors (Lipinski definition) is 1. The summed E-state index contributed by atoms with van der Waals surface area (Å²) in [5.41, 5.74) is 3.18. The Balaban J connectivity index is 2.38. The molecule has 0 atom stereocenters. The summed E-state index contributed by atoms with van der Waals surface area (Å²) in [7, 11) is 0. The second-order valence-corrected chi connectivity index (χ2v) is 4.57. The number of nitrogens with zero attached hydrogens (tertiary/aromatic N) is 1. The van der Waals surface area contributed by atoms with Crippen molar-refractivity contribution in [3.05, 3.63) is 54.1 Å². The molecule has 3 nitrogen and oxygen atoms in total. The molecule has 0 heterocycles. The number of rotatable bonds is 5. The van der Waals surface area contributed by atoms with Gasteiger partial charge < -0.3 is 10.0 Å². The maximum Gasteiger partial charge on any atom is 0.336 e. The van der Waals surface area contributed by atoms with Crippen molar-refractivity contribution in [3.63, 3.8) is 0 Å². The van der Waals surface area contributed by atoms with Crippen LogP contribution in [0.2, 0.25) is 0 Å². The number of carboxylic acids is 1. The zero-order valence-electron chi connectivity index (χ0n) is 11.8. The van der Waals surface area contributed by atoms with Crippen LogP contribution in [0.25, 0.3) is 11.1 Å². The molecule has 0 fully saturated rings. The Kier molecular flexibility index (Phi) is 4.41. The topological polar surface area (TPSA) is 40.5 Å². The van der Waals surface area contributed by atoms with E-state index in [4.69, 9.17) is 0 Å². The van der Waals surface area contributed by atoms with Gasteiger partial charge in [0.25, 0.3) is 0 Å². The van der Waals surface area contributed by atoms with E-state index in [9.17, 15) is 9.90 Å². The molecule has 104 valence electrons. The minimum Gasteiger partial charge on any atom is -0.478 e. The van der Waals surface area contributed by atoms with Gasteiger partial charge in [-0.3, -0.25) is 0 Å². The Morgan fingerprint density at radius 1 is 1.00 bits per heavy atom. The molecule has 3 heteroatoms. The van der Waals surface area contributed by atoms with Crippen molar-refractivity contribution in [2.75, 3.05) is 18.0 Å². The third-order valence-electron chi connectivity index (χ3n) is 3.46. The van der Waals surface area contributed by atoms with Crippen LogP contribution in [0.3, 0.4) is 0 Å². The van der Waals surface area contributed by atoms with Gasteiger partial charge in [-0.1, -0.05) is 30.3 Å². The quantitative estimate of drug-likeness (QED) is 0.895. The van der Waals surface area contributed by atoms with Gasteiger partial charge in [-0.05, 0) is 43.2 Å². The van der Waals surface area contributed by atoms with Crippen molar-refractivity contribution < 1.29 is 9.90 Å². The lowest BCUT2D eigenvalue weighted by Gasteiger charge is -2.21. The molecule has 0 amide bonds. The lowest BCUT2D eigenvalue weighted by molar-refractivity contribution is 0.0697.